The van der Waals surface area contributed by atoms with Crippen LogP contribution in [-0.2, 0) is 9.53 Å². The quantitative estimate of drug-likeness (QED) is 0.597. The van der Waals surface area contributed by atoms with Gasteiger partial charge in [0.05, 0.1) is 17.4 Å². The van der Waals surface area contributed by atoms with E-state index in [1.807, 2.05) is 13.8 Å². The molecule has 0 aliphatic carbocycles. The summed E-state index contributed by atoms with van der Waals surface area (Å²) < 4.78 is 5.72. The Bertz CT molecular complexity index is 701. The third-order valence-corrected chi connectivity index (χ3v) is 5.36. The molecule has 0 saturated carbocycles. The van der Waals surface area contributed by atoms with Gasteiger partial charge in [0, 0.05) is 5.69 Å². The van der Waals surface area contributed by atoms with Crippen molar-refractivity contribution in [2.75, 3.05) is 11.9 Å². The number of anilines is 1. The number of hydrogen-bond donors (Lipinski definition) is 1. The molecule has 0 saturated heterocycles. The van der Waals surface area contributed by atoms with Crippen molar-refractivity contribution in [2.45, 2.75) is 36.8 Å². The van der Waals surface area contributed by atoms with Crippen LogP contribution in [-0.4, -0.2) is 33.9 Å². The summed E-state index contributed by atoms with van der Waals surface area (Å²) in [5.41, 5.74) is 1.10. The number of amides is 1. The Morgan fingerprint density at radius 2 is 1.96 bits per heavy atom. The Hall–Kier alpha value is -1.93. The molecule has 8 heteroatoms. The minimum Gasteiger partial charge on any atom is -0.462 e. The number of esters is 1. The second kappa shape index (κ2) is 8.79. The highest BCUT2D eigenvalue weighted by atomic mass is 32.2. The Morgan fingerprint density at radius 1 is 1.25 bits per heavy atom. The van der Waals surface area contributed by atoms with Crippen LogP contribution in [0.15, 0.2) is 28.6 Å². The molecule has 6 nitrogen and oxygen atoms in total. The molecule has 24 heavy (non-hydrogen) atoms. The smallest absolute Gasteiger partial charge is 0.338 e. The number of aromatic nitrogens is 2. The average molecular weight is 365 g/mol. The summed E-state index contributed by atoms with van der Waals surface area (Å²) in [5, 5.41) is 11.5. The summed E-state index contributed by atoms with van der Waals surface area (Å²) in [6, 6.07) is 6.65. The molecule has 0 aliphatic rings. The highest BCUT2D eigenvalue weighted by molar-refractivity contribution is 8.02. The van der Waals surface area contributed by atoms with Gasteiger partial charge in [-0.15, -0.1) is 10.2 Å². The third kappa shape index (κ3) is 5.04. The number of carbonyl (C=O) groups is 2. The molecule has 0 bridgehead atoms. The molecule has 1 amide bonds. The van der Waals surface area contributed by atoms with E-state index in [4.69, 9.17) is 4.74 Å². The van der Waals surface area contributed by atoms with Crippen LogP contribution in [0.5, 0.6) is 0 Å². The molecule has 128 valence electrons. The SMILES string of the molecule is CCOC(=O)c1ccc(NC(=O)[C@@H](CC)Sc2nnc(C)s2)cc1. The van der Waals surface area contributed by atoms with Crippen LogP contribution in [0.4, 0.5) is 5.69 Å². The highest BCUT2D eigenvalue weighted by Crippen LogP contribution is 2.28. The Balaban J connectivity index is 1.98. The lowest BCUT2D eigenvalue weighted by Crippen LogP contribution is -2.24. The van der Waals surface area contributed by atoms with E-state index in [0.717, 1.165) is 9.35 Å². The highest BCUT2D eigenvalue weighted by Gasteiger charge is 2.20. The number of nitrogens with one attached hydrogen (secondary N) is 1. The van der Waals surface area contributed by atoms with Crippen LogP contribution < -0.4 is 5.32 Å². The normalized spacial score (nSPS) is 11.8. The molecule has 2 rings (SSSR count). The molecule has 2 aromatic rings. The maximum Gasteiger partial charge on any atom is 0.338 e. The van der Waals surface area contributed by atoms with Gasteiger partial charge in [0.25, 0.3) is 0 Å². The van der Waals surface area contributed by atoms with E-state index in [9.17, 15) is 9.59 Å². The largest absolute Gasteiger partial charge is 0.462 e. The zero-order valence-corrected chi connectivity index (χ0v) is 15.4. The standard InChI is InChI=1S/C16H19N3O3S2/c1-4-13(24-16-19-18-10(3)23-16)14(20)17-12-8-6-11(7-9-12)15(21)22-5-2/h6-9,13H,4-5H2,1-3H3,(H,17,20)/t13-/m1/s1. The number of hydrogen-bond acceptors (Lipinski definition) is 7. The van der Waals surface area contributed by atoms with Gasteiger partial charge in [-0.3, -0.25) is 4.79 Å². The van der Waals surface area contributed by atoms with Crippen molar-refractivity contribution in [1.82, 2.24) is 10.2 Å². The molecule has 1 aromatic carbocycles. The number of ether oxygens (including phenoxy) is 1. The molecule has 1 atom stereocenters. The predicted molar refractivity (Wildman–Crippen MR) is 95.6 cm³/mol. The predicted octanol–water partition coefficient (Wildman–Crippen LogP) is 3.53. The molecule has 0 spiro atoms. The molecular formula is C16H19N3O3S2. The fourth-order valence-corrected chi connectivity index (χ4v) is 3.88. The van der Waals surface area contributed by atoms with E-state index in [-0.39, 0.29) is 17.1 Å². The van der Waals surface area contributed by atoms with Gasteiger partial charge in [-0.2, -0.15) is 0 Å². The van der Waals surface area contributed by atoms with Gasteiger partial charge in [-0.25, -0.2) is 4.79 Å². The van der Waals surface area contributed by atoms with Crippen molar-refractivity contribution in [3.63, 3.8) is 0 Å². The van der Waals surface area contributed by atoms with Gasteiger partial charge < -0.3 is 10.1 Å². The third-order valence-electron chi connectivity index (χ3n) is 3.08. The van der Waals surface area contributed by atoms with Crippen LogP contribution in [0.1, 0.15) is 35.6 Å². The number of benzene rings is 1. The average Bonchev–Trinajstić information content (AvgIpc) is 2.98. The molecule has 0 unspecified atom stereocenters. The summed E-state index contributed by atoms with van der Waals surface area (Å²) in [6.07, 6.45) is 0.677. The summed E-state index contributed by atoms with van der Waals surface area (Å²) >= 11 is 2.88. The first-order valence-corrected chi connectivity index (χ1v) is 9.27. The number of thioether (sulfide) groups is 1. The van der Waals surface area contributed by atoms with Crippen molar-refractivity contribution in [3.8, 4) is 0 Å². The van der Waals surface area contributed by atoms with Crippen LogP contribution >= 0.6 is 23.1 Å². The van der Waals surface area contributed by atoms with Gasteiger partial charge in [0.1, 0.15) is 5.01 Å². The summed E-state index contributed by atoms with van der Waals surface area (Å²) in [4.78, 5) is 24.0. The maximum atomic E-state index is 12.4. The summed E-state index contributed by atoms with van der Waals surface area (Å²) in [7, 11) is 0. The van der Waals surface area contributed by atoms with E-state index < -0.39 is 0 Å². The van der Waals surface area contributed by atoms with Crippen molar-refractivity contribution < 1.29 is 14.3 Å². The summed E-state index contributed by atoms with van der Waals surface area (Å²) in [5.74, 6) is -0.469. The number of aryl methyl sites for hydroxylation is 1. The van der Waals surface area contributed by atoms with Crippen LogP contribution in [0.25, 0.3) is 0 Å². The minimum absolute atomic E-state index is 0.0979. The lowest BCUT2D eigenvalue weighted by atomic mass is 10.2. The van der Waals surface area contributed by atoms with E-state index in [1.165, 1.54) is 23.1 Å². The molecule has 0 fully saturated rings. The second-order valence-corrected chi connectivity index (χ2v) is 7.52. The van der Waals surface area contributed by atoms with Crippen molar-refractivity contribution in [2.24, 2.45) is 0 Å². The van der Waals surface area contributed by atoms with Crippen LogP contribution in [0.3, 0.4) is 0 Å². The van der Waals surface area contributed by atoms with Gasteiger partial charge >= 0.3 is 5.97 Å². The molecule has 1 N–H and O–H groups in total. The van der Waals surface area contributed by atoms with Crippen LogP contribution in [0, 0.1) is 6.92 Å². The second-order valence-electron chi connectivity index (χ2n) is 4.89. The van der Waals surface area contributed by atoms with Crippen molar-refractivity contribution in [1.29, 1.82) is 0 Å². The first kappa shape index (κ1) is 18.4. The van der Waals surface area contributed by atoms with E-state index in [2.05, 4.69) is 15.5 Å². The van der Waals surface area contributed by atoms with E-state index >= 15 is 0 Å². The summed E-state index contributed by atoms with van der Waals surface area (Å²) in [6.45, 7) is 5.93. The van der Waals surface area contributed by atoms with Crippen LogP contribution in [0.2, 0.25) is 0 Å². The zero-order valence-electron chi connectivity index (χ0n) is 13.7. The lowest BCUT2D eigenvalue weighted by molar-refractivity contribution is -0.115. The van der Waals surface area contributed by atoms with Crippen molar-refractivity contribution >= 4 is 40.7 Å². The Kier molecular flexibility index (Phi) is 6.74. The fraction of sp³-hybridized carbons (Fsp3) is 0.375. The number of carbonyl (C=O) groups excluding carboxylic acids is 2. The minimum atomic E-state index is -0.371. The molecule has 1 heterocycles. The van der Waals surface area contributed by atoms with Gasteiger partial charge in [0.15, 0.2) is 4.34 Å². The van der Waals surface area contributed by atoms with Gasteiger partial charge in [0.2, 0.25) is 5.91 Å². The van der Waals surface area contributed by atoms with Gasteiger partial charge in [-0.05, 0) is 44.5 Å². The lowest BCUT2D eigenvalue weighted by Gasteiger charge is -2.13. The molecule has 0 aliphatic heterocycles. The fourth-order valence-electron chi connectivity index (χ4n) is 1.90. The maximum absolute atomic E-state index is 12.4. The Morgan fingerprint density at radius 3 is 2.50 bits per heavy atom. The topological polar surface area (TPSA) is 81.2 Å². The van der Waals surface area contributed by atoms with Gasteiger partial charge in [-0.1, -0.05) is 30.0 Å². The monoisotopic (exact) mass is 365 g/mol. The molecule has 1 aromatic heterocycles. The first-order valence-electron chi connectivity index (χ1n) is 7.58. The van der Waals surface area contributed by atoms with Crippen molar-refractivity contribution in [3.05, 3.63) is 34.8 Å². The molecule has 0 radical (unpaired) electrons. The zero-order chi connectivity index (χ0) is 17.5. The number of rotatable bonds is 7. The number of nitrogens with zero attached hydrogens (tertiary/aromatic N) is 2. The Labute approximate surface area is 149 Å². The van der Waals surface area contributed by atoms with E-state index in [0.29, 0.717) is 24.3 Å². The molecular weight excluding hydrogens is 346 g/mol. The van der Waals surface area contributed by atoms with E-state index in [1.54, 1.807) is 31.2 Å². The first-order chi connectivity index (χ1) is 11.5.